The molecule has 0 aromatic heterocycles. The van der Waals surface area contributed by atoms with Crippen molar-refractivity contribution in [3.63, 3.8) is 0 Å². The molecule has 1 saturated heterocycles. The maximum Gasteiger partial charge on any atom is 0.319 e. The summed E-state index contributed by atoms with van der Waals surface area (Å²) in [7, 11) is 0. The Labute approximate surface area is 130 Å². The first-order chi connectivity index (χ1) is 10.5. The quantitative estimate of drug-likeness (QED) is 0.587. The molecule has 1 saturated carbocycles. The van der Waals surface area contributed by atoms with Crippen LogP contribution < -0.4 is 5.73 Å². The van der Waals surface area contributed by atoms with E-state index in [0.717, 1.165) is 25.7 Å². The number of carboxylic acids is 1. The standard InChI is InChI=1S/C15H25N3O4/c16-14(22)18-9-5-8-17(10-11-18)12(19)15(13(20)21)6-3-1-2-4-7-15/h1-11H2,(H2,16,22)(H,20,21). The average Bonchev–Trinajstić information content (AvgIpc) is 2.87. The zero-order chi connectivity index (χ0) is 16.2. The Kier molecular flexibility index (Phi) is 5.26. The van der Waals surface area contributed by atoms with Gasteiger partial charge in [-0.25, -0.2) is 4.79 Å². The van der Waals surface area contributed by atoms with Crippen molar-refractivity contribution < 1.29 is 19.5 Å². The van der Waals surface area contributed by atoms with Crippen molar-refractivity contribution in [1.82, 2.24) is 9.80 Å². The van der Waals surface area contributed by atoms with Crippen molar-refractivity contribution in [3.05, 3.63) is 0 Å². The van der Waals surface area contributed by atoms with Crippen LogP contribution in [0.2, 0.25) is 0 Å². The number of rotatable bonds is 2. The molecule has 0 atom stereocenters. The van der Waals surface area contributed by atoms with Gasteiger partial charge in [0.15, 0.2) is 0 Å². The fraction of sp³-hybridized carbons (Fsp3) is 0.800. The van der Waals surface area contributed by atoms with E-state index in [2.05, 4.69) is 0 Å². The van der Waals surface area contributed by atoms with Gasteiger partial charge in [-0.15, -0.1) is 0 Å². The largest absolute Gasteiger partial charge is 0.480 e. The van der Waals surface area contributed by atoms with Gasteiger partial charge in [0.05, 0.1) is 0 Å². The van der Waals surface area contributed by atoms with Crippen LogP contribution in [0.5, 0.6) is 0 Å². The molecule has 1 heterocycles. The lowest BCUT2D eigenvalue weighted by atomic mass is 9.79. The lowest BCUT2D eigenvalue weighted by Gasteiger charge is -2.33. The molecule has 0 radical (unpaired) electrons. The summed E-state index contributed by atoms with van der Waals surface area (Å²) in [6.45, 7) is 1.73. The van der Waals surface area contributed by atoms with Gasteiger partial charge in [-0.05, 0) is 19.3 Å². The van der Waals surface area contributed by atoms with Gasteiger partial charge in [0.2, 0.25) is 5.91 Å². The van der Waals surface area contributed by atoms with Crippen LogP contribution in [0.15, 0.2) is 0 Å². The fourth-order valence-corrected chi connectivity index (χ4v) is 3.49. The Morgan fingerprint density at radius 1 is 0.818 bits per heavy atom. The molecule has 3 N–H and O–H groups in total. The number of carboxylic acid groups (broad SMARTS) is 1. The minimum Gasteiger partial charge on any atom is -0.480 e. The second kappa shape index (κ2) is 6.98. The summed E-state index contributed by atoms with van der Waals surface area (Å²) in [4.78, 5) is 39.1. The lowest BCUT2D eigenvalue weighted by Crippen LogP contribution is -2.49. The highest BCUT2D eigenvalue weighted by molar-refractivity contribution is 6.02. The van der Waals surface area contributed by atoms with Gasteiger partial charge in [0.25, 0.3) is 0 Å². The van der Waals surface area contributed by atoms with E-state index in [9.17, 15) is 19.5 Å². The third kappa shape index (κ3) is 3.34. The van der Waals surface area contributed by atoms with Crippen LogP contribution in [0.25, 0.3) is 0 Å². The van der Waals surface area contributed by atoms with E-state index in [0.29, 0.717) is 45.4 Å². The average molecular weight is 311 g/mol. The maximum absolute atomic E-state index is 12.9. The molecule has 7 nitrogen and oxygen atoms in total. The van der Waals surface area contributed by atoms with Gasteiger partial charge in [0, 0.05) is 26.2 Å². The van der Waals surface area contributed by atoms with Crippen molar-refractivity contribution in [2.24, 2.45) is 11.1 Å². The van der Waals surface area contributed by atoms with E-state index in [1.807, 2.05) is 0 Å². The van der Waals surface area contributed by atoms with Gasteiger partial charge < -0.3 is 20.6 Å². The molecule has 0 unspecified atom stereocenters. The van der Waals surface area contributed by atoms with Gasteiger partial charge in [-0.3, -0.25) is 9.59 Å². The summed E-state index contributed by atoms with van der Waals surface area (Å²) < 4.78 is 0. The molecule has 7 heteroatoms. The maximum atomic E-state index is 12.9. The molecule has 3 amide bonds. The Balaban J connectivity index is 2.13. The van der Waals surface area contributed by atoms with Crippen molar-refractivity contribution in [2.45, 2.75) is 44.9 Å². The number of aliphatic carboxylic acids is 1. The number of amides is 3. The predicted molar refractivity (Wildman–Crippen MR) is 80.1 cm³/mol. The van der Waals surface area contributed by atoms with Crippen LogP contribution in [0, 0.1) is 5.41 Å². The van der Waals surface area contributed by atoms with E-state index in [-0.39, 0.29) is 5.91 Å². The van der Waals surface area contributed by atoms with Crippen LogP contribution >= 0.6 is 0 Å². The number of nitrogens with two attached hydrogens (primary N) is 1. The van der Waals surface area contributed by atoms with Gasteiger partial charge in [-0.2, -0.15) is 0 Å². The van der Waals surface area contributed by atoms with Gasteiger partial charge in [-0.1, -0.05) is 25.7 Å². The van der Waals surface area contributed by atoms with Crippen LogP contribution in [0.3, 0.4) is 0 Å². The first-order valence-electron chi connectivity index (χ1n) is 8.04. The smallest absolute Gasteiger partial charge is 0.319 e. The first-order valence-corrected chi connectivity index (χ1v) is 8.04. The van der Waals surface area contributed by atoms with Crippen molar-refractivity contribution in [3.8, 4) is 0 Å². The summed E-state index contributed by atoms with van der Waals surface area (Å²) >= 11 is 0. The molecule has 0 spiro atoms. The van der Waals surface area contributed by atoms with E-state index in [1.54, 1.807) is 4.90 Å². The molecule has 2 rings (SSSR count). The Morgan fingerprint density at radius 3 is 1.91 bits per heavy atom. The topological polar surface area (TPSA) is 104 Å². The Hall–Kier alpha value is -1.79. The summed E-state index contributed by atoms with van der Waals surface area (Å²) in [6.07, 6.45) is 4.98. The molecular formula is C15H25N3O4. The molecule has 2 aliphatic rings. The molecule has 0 bridgehead atoms. The molecular weight excluding hydrogens is 286 g/mol. The first kappa shape index (κ1) is 16.6. The SMILES string of the molecule is NC(=O)N1CCCN(C(=O)C2(C(=O)O)CCCCCC2)CC1. The van der Waals surface area contributed by atoms with Crippen molar-refractivity contribution in [1.29, 1.82) is 0 Å². The number of hydrogen-bond acceptors (Lipinski definition) is 3. The fourth-order valence-electron chi connectivity index (χ4n) is 3.49. The number of hydrogen-bond donors (Lipinski definition) is 2. The minimum atomic E-state index is -1.28. The third-order valence-electron chi connectivity index (χ3n) is 4.87. The summed E-state index contributed by atoms with van der Waals surface area (Å²) in [6, 6.07) is -0.489. The molecule has 1 aliphatic heterocycles. The van der Waals surface area contributed by atoms with Crippen molar-refractivity contribution in [2.75, 3.05) is 26.2 Å². The molecule has 0 aromatic rings. The van der Waals surface area contributed by atoms with E-state index >= 15 is 0 Å². The van der Waals surface area contributed by atoms with E-state index in [4.69, 9.17) is 5.73 Å². The highest BCUT2D eigenvalue weighted by atomic mass is 16.4. The number of carbonyl (C=O) groups is 3. The number of nitrogens with zero attached hydrogens (tertiary/aromatic N) is 2. The van der Waals surface area contributed by atoms with Crippen LogP contribution in [-0.2, 0) is 9.59 Å². The number of urea groups is 1. The predicted octanol–water partition coefficient (Wildman–Crippen LogP) is 1.02. The molecule has 1 aliphatic carbocycles. The third-order valence-corrected chi connectivity index (χ3v) is 4.87. The Bertz CT molecular complexity index is 444. The second-order valence-electron chi connectivity index (χ2n) is 6.27. The van der Waals surface area contributed by atoms with E-state index < -0.39 is 17.4 Å². The highest BCUT2D eigenvalue weighted by Crippen LogP contribution is 2.37. The van der Waals surface area contributed by atoms with Crippen LogP contribution in [0.1, 0.15) is 44.9 Å². The monoisotopic (exact) mass is 311 g/mol. The van der Waals surface area contributed by atoms with E-state index in [1.165, 1.54) is 4.90 Å². The van der Waals surface area contributed by atoms with Gasteiger partial charge >= 0.3 is 12.0 Å². The normalized spacial score (nSPS) is 22.5. The van der Waals surface area contributed by atoms with Crippen LogP contribution in [0.4, 0.5) is 4.79 Å². The number of primary amides is 1. The second-order valence-corrected chi connectivity index (χ2v) is 6.27. The molecule has 0 aromatic carbocycles. The minimum absolute atomic E-state index is 0.284. The summed E-state index contributed by atoms with van der Waals surface area (Å²) in [5.74, 6) is -1.29. The lowest BCUT2D eigenvalue weighted by molar-refractivity contribution is -0.162. The molecule has 2 fully saturated rings. The number of carbonyl (C=O) groups excluding carboxylic acids is 2. The molecule has 124 valence electrons. The summed E-state index contributed by atoms with van der Waals surface area (Å²) in [5.41, 5.74) is 4.01. The molecule has 22 heavy (non-hydrogen) atoms. The zero-order valence-electron chi connectivity index (χ0n) is 12.9. The van der Waals surface area contributed by atoms with Gasteiger partial charge in [0.1, 0.15) is 5.41 Å². The Morgan fingerprint density at radius 2 is 1.36 bits per heavy atom. The zero-order valence-corrected chi connectivity index (χ0v) is 12.9. The van der Waals surface area contributed by atoms with Crippen molar-refractivity contribution >= 4 is 17.9 Å². The van der Waals surface area contributed by atoms with Crippen LogP contribution in [-0.4, -0.2) is 59.0 Å². The summed E-state index contributed by atoms with van der Waals surface area (Å²) in [5, 5.41) is 9.69. The highest BCUT2D eigenvalue weighted by Gasteiger charge is 2.48.